The monoisotopic (exact) mass is 290 g/mol. The predicted molar refractivity (Wildman–Crippen MR) is 91.7 cm³/mol. The van der Waals surface area contributed by atoms with Gasteiger partial charge in [0.25, 0.3) is 0 Å². The summed E-state index contributed by atoms with van der Waals surface area (Å²) >= 11 is 0. The summed E-state index contributed by atoms with van der Waals surface area (Å²) < 4.78 is 0. The summed E-state index contributed by atoms with van der Waals surface area (Å²) in [6.45, 7) is 9.06. The summed E-state index contributed by atoms with van der Waals surface area (Å²) in [7, 11) is 2.17. The molecule has 0 bridgehead atoms. The molecule has 0 amide bonds. The Bertz CT molecular complexity index is 389. The van der Waals surface area contributed by atoms with E-state index in [0.717, 1.165) is 51.5 Å². The van der Waals surface area contributed by atoms with Gasteiger partial charge in [0.1, 0.15) is 0 Å². The molecule has 0 aliphatic carbocycles. The first-order valence-corrected chi connectivity index (χ1v) is 8.01. The largest absolute Gasteiger partial charge is 0.357 e. The maximum atomic E-state index is 4.50. The Kier molecular flexibility index (Phi) is 9.29. The number of rotatable bonds is 9. The Balaban J connectivity index is 2.20. The molecule has 1 rings (SSSR count). The zero-order chi connectivity index (χ0) is 15.3. The summed E-state index contributed by atoms with van der Waals surface area (Å²) in [4.78, 5) is 6.85. The number of guanidine groups is 1. The smallest absolute Gasteiger partial charge is 0.191 e. The van der Waals surface area contributed by atoms with Gasteiger partial charge in [0.05, 0.1) is 0 Å². The maximum Gasteiger partial charge on any atom is 0.191 e. The topological polar surface area (TPSA) is 39.7 Å². The van der Waals surface area contributed by atoms with Crippen molar-refractivity contribution in [1.82, 2.24) is 15.5 Å². The van der Waals surface area contributed by atoms with E-state index >= 15 is 0 Å². The second-order valence-corrected chi connectivity index (χ2v) is 5.26. The molecule has 0 aliphatic heterocycles. The van der Waals surface area contributed by atoms with Crippen LogP contribution in [0.1, 0.15) is 32.3 Å². The summed E-state index contributed by atoms with van der Waals surface area (Å²) in [6.07, 6.45) is 2.19. The highest BCUT2D eigenvalue weighted by Crippen LogP contribution is 2.02. The minimum absolute atomic E-state index is 0.878. The fourth-order valence-corrected chi connectivity index (χ4v) is 2.10. The van der Waals surface area contributed by atoms with Crippen molar-refractivity contribution in [3.63, 3.8) is 0 Å². The van der Waals surface area contributed by atoms with Crippen molar-refractivity contribution < 1.29 is 0 Å². The van der Waals surface area contributed by atoms with Crippen molar-refractivity contribution in [2.24, 2.45) is 4.99 Å². The zero-order valence-electron chi connectivity index (χ0n) is 13.7. The van der Waals surface area contributed by atoms with Crippen LogP contribution in [0, 0.1) is 0 Å². The van der Waals surface area contributed by atoms with E-state index in [9.17, 15) is 0 Å². The van der Waals surface area contributed by atoms with Gasteiger partial charge < -0.3 is 15.5 Å². The minimum Gasteiger partial charge on any atom is -0.357 e. The van der Waals surface area contributed by atoms with Gasteiger partial charge in [-0.1, -0.05) is 37.3 Å². The summed E-state index contributed by atoms with van der Waals surface area (Å²) in [6, 6.07) is 10.6. The van der Waals surface area contributed by atoms with E-state index in [0.29, 0.717) is 0 Å². The molecule has 4 nitrogen and oxygen atoms in total. The number of hydrogen-bond acceptors (Lipinski definition) is 2. The molecule has 21 heavy (non-hydrogen) atoms. The highest BCUT2D eigenvalue weighted by Gasteiger charge is 2.00. The molecule has 0 heterocycles. The molecule has 0 unspecified atom stereocenters. The Hall–Kier alpha value is -1.55. The van der Waals surface area contributed by atoms with Crippen LogP contribution in [0.25, 0.3) is 0 Å². The van der Waals surface area contributed by atoms with Gasteiger partial charge in [0.2, 0.25) is 0 Å². The van der Waals surface area contributed by atoms with Crippen molar-refractivity contribution in [3.8, 4) is 0 Å². The van der Waals surface area contributed by atoms with Crippen LogP contribution in [-0.4, -0.2) is 44.1 Å². The second kappa shape index (κ2) is 11.1. The Morgan fingerprint density at radius 3 is 2.57 bits per heavy atom. The predicted octanol–water partition coefficient (Wildman–Crippen LogP) is 2.47. The Labute approximate surface area is 129 Å². The van der Waals surface area contributed by atoms with Crippen LogP contribution in [0.15, 0.2) is 35.3 Å². The Morgan fingerprint density at radius 2 is 1.90 bits per heavy atom. The number of benzene rings is 1. The minimum atomic E-state index is 0.878. The van der Waals surface area contributed by atoms with E-state index in [1.165, 1.54) is 5.56 Å². The maximum absolute atomic E-state index is 4.50. The summed E-state index contributed by atoms with van der Waals surface area (Å²) in [5, 5.41) is 6.66. The molecular formula is C17H30N4. The number of hydrogen-bond donors (Lipinski definition) is 2. The van der Waals surface area contributed by atoms with Crippen LogP contribution in [0.2, 0.25) is 0 Å². The average molecular weight is 290 g/mol. The fraction of sp³-hybridized carbons (Fsp3) is 0.588. The van der Waals surface area contributed by atoms with Crippen LogP contribution >= 0.6 is 0 Å². The van der Waals surface area contributed by atoms with E-state index < -0.39 is 0 Å². The molecule has 0 aliphatic rings. The molecule has 0 aromatic heterocycles. The molecule has 0 fully saturated rings. The molecule has 0 spiro atoms. The van der Waals surface area contributed by atoms with Crippen LogP contribution < -0.4 is 10.6 Å². The lowest BCUT2D eigenvalue weighted by atomic mass is 10.2. The molecule has 4 heteroatoms. The highest BCUT2D eigenvalue weighted by molar-refractivity contribution is 5.79. The first-order chi connectivity index (χ1) is 10.3. The fourth-order valence-electron chi connectivity index (χ4n) is 2.10. The zero-order valence-corrected chi connectivity index (χ0v) is 13.7. The molecule has 0 radical (unpaired) electrons. The van der Waals surface area contributed by atoms with Gasteiger partial charge in [-0.15, -0.1) is 0 Å². The van der Waals surface area contributed by atoms with Crippen molar-refractivity contribution >= 4 is 5.96 Å². The first kappa shape index (κ1) is 17.5. The first-order valence-electron chi connectivity index (χ1n) is 8.01. The molecule has 0 saturated carbocycles. The normalized spacial score (nSPS) is 11.7. The Morgan fingerprint density at radius 1 is 1.14 bits per heavy atom. The number of aliphatic imine (C=N–C) groups is 1. The lowest BCUT2D eigenvalue weighted by Gasteiger charge is -2.17. The van der Waals surface area contributed by atoms with Crippen molar-refractivity contribution in [1.29, 1.82) is 0 Å². The van der Waals surface area contributed by atoms with Gasteiger partial charge in [-0.3, -0.25) is 4.99 Å². The third kappa shape index (κ3) is 8.35. The van der Waals surface area contributed by atoms with Crippen LogP contribution in [-0.2, 0) is 6.54 Å². The lowest BCUT2D eigenvalue weighted by molar-refractivity contribution is 0.322. The molecule has 0 saturated heterocycles. The average Bonchev–Trinajstić information content (AvgIpc) is 2.50. The van der Waals surface area contributed by atoms with Crippen molar-refractivity contribution in [3.05, 3.63) is 35.9 Å². The van der Waals surface area contributed by atoms with E-state index in [1.54, 1.807) is 0 Å². The number of nitrogens with zero attached hydrogens (tertiary/aromatic N) is 2. The van der Waals surface area contributed by atoms with Crippen molar-refractivity contribution in [2.45, 2.75) is 33.2 Å². The van der Waals surface area contributed by atoms with E-state index in [4.69, 9.17) is 0 Å². The molecule has 1 aromatic rings. The molecule has 118 valence electrons. The lowest BCUT2D eigenvalue weighted by Crippen LogP contribution is -2.38. The third-order valence-corrected chi connectivity index (χ3v) is 3.14. The van der Waals surface area contributed by atoms with E-state index in [-0.39, 0.29) is 0 Å². The standard InChI is InChI=1S/C17H30N4/c1-4-12-19-17(18-5-2)20-13-9-14-21(3)15-16-10-7-6-8-11-16/h6-8,10-11H,4-5,9,12-15H2,1-3H3,(H2,18,19,20). The summed E-state index contributed by atoms with van der Waals surface area (Å²) in [5.41, 5.74) is 1.37. The SMILES string of the molecule is CCCN=C(NCC)NCCCN(C)Cc1ccccc1. The highest BCUT2D eigenvalue weighted by atomic mass is 15.2. The molecule has 1 aromatic carbocycles. The van der Waals surface area contributed by atoms with Crippen LogP contribution in [0.3, 0.4) is 0 Å². The second-order valence-electron chi connectivity index (χ2n) is 5.26. The third-order valence-electron chi connectivity index (χ3n) is 3.14. The van der Waals surface area contributed by atoms with Gasteiger partial charge in [-0.05, 0) is 38.9 Å². The quantitative estimate of drug-likeness (QED) is 0.417. The van der Waals surface area contributed by atoms with E-state index in [2.05, 4.69) is 71.8 Å². The van der Waals surface area contributed by atoms with Crippen LogP contribution in [0.5, 0.6) is 0 Å². The summed E-state index contributed by atoms with van der Waals surface area (Å²) in [5.74, 6) is 0.935. The van der Waals surface area contributed by atoms with Gasteiger partial charge in [-0.2, -0.15) is 0 Å². The van der Waals surface area contributed by atoms with Crippen molar-refractivity contribution in [2.75, 3.05) is 33.2 Å². The van der Waals surface area contributed by atoms with E-state index in [1.807, 2.05) is 0 Å². The molecular weight excluding hydrogens is 260 g/mol. The van der Waals surface area contributed by atoms with Gasteiger partial charge in [0.15, 0.2) is 5.96 Å². The molecule has 0 atom stereocenters. The number of nitrogens with one attached hydrogen (secondary N) is 2. The van der Waals surface area contributed by atoms with Crippen LogP contribution in [0.4, 0.5) is 0 Å². The van der Waals surface area contributed by atoms with Gasteiger partial charge in [0, 0.05) is 26.2 Å². The molecule has 2 N–H and O–H groups in total. The van der Waals surface area contributed by atoms with Gasteiger partial charge in [-0.25, -0.2) is 0 Å². The van der Waals surface area contributed by atoms with Gasteiger partial charge >= 0.3 is 0 Å².